The van der Waals surface area contributed by atoms with Gasteiger partial charge in [-0.15, -0.1) is 11.3 Å². The lowest BCUT2D eigenvalue weighted by Gasteiger charge is -2.14. The molecule has 5 heteroatoms. The third-order valence-corrected chi connectivity index (χ3v) is 3.98. The van der Waals surface area contributed by atoms with Crippen molar-refractivity contribution in [3.8, 4) is 0 Å². The first-order chi connectivity index (χ1) is 7.68. The highest BCUT2D eigenvalue weighted by atomic mass is 35.5. The second kappa shape index (κ2) is 5.04. The van der Waals surface area contributed by atoms with E-state index in [4.69, 9.17) is 23.2 Å². The summed E-state index contributed by atoms with van der Waals surface area (Å²) in [6.07, 6.45) is 1.85. The number of benzene rings is 1. The number of anilines is 1. The summed E-state index contributed by atoms with van der Waals surface area (Å²) in [5.41, 5.74) is 2.66. The first-order valence-electron chi connectivity index (χ1n) is 4.77. The molecule has 0 saturated carbocycles. The van der Waals surface area contributed by atoms with Crippen LogP contribution in [0.3, 0.4) is 0 Å². The zero-order valence-corrected chi connectivity index (χ0v) is 10.9. The lowest BCUT2D eigenvalue weighted by atomic mass is 10.2. The third kappa shape index (κ3) is 2.48. The van der Waals surface area contributed by atoms with Crippen LogP contribution in [0.25, 0.3) is 0 Å². The zero-order chi connectivity index (χ0) is 11.5. The average molecular weight is 273 g/mol. The molecule has 1 unspecified atom stereocenters. The molecule has 0 bridgehead atoms. The van der Waals surface area contributed by atoms with Gasteiger partial charge in [0.25, 0.3) is 0 Å². The van der Waals surface area contributed by atoms with E-state index in [0.717, 1.165) is 10.6 Å². The minimum absolute atomic E-state index is 0.170. The van der Waals surface area contributed by atoms with E-state index in [1.54, 1.807) is 17.4 Å². The van der Waals surface area contributed by atoms with Crippen LogP contribution in [0.2, 0.25) is 10.0 Å². The second-order valence-corrected chi connectivity index (χ2v) is 5.07. The van der Waals surface area contributed by atoms with Crippen LogP contribution in [0.1, 0.15) is 17.8 Å². The van der Waals surface area contributed by atoms with E-state index in [0.29, 0.717) is 10.0 Å². The summed E-state index contributed by atoms with van der Waals surface area (Å²) in [7, 11) is 0. The fraction of sp³-hybridized carbons (Fsp3) is 0.182. The molecule has 1 aromatic heterocycles. The predicted octanol–water partition coefficient (Wildman–Crippen LogP) is 4.62. The Morgan fingerprint density at radius 2 is 2.19 bits per heavy atom. The van der Waals surface area contributed by atoms with E-state index in [1.807, 2.05) is 23.8 Å². The summed E-state index contributed by atoms with van der Waals surface area (Å²) >= 11 is 13.6. The van der Waals surface area contributed by atoms with Crippen molar-refractivity contribution in [3.05, 3.63) is 44.8 Å². The van der Waals surface area contributed by atoms with Crippen molar-refractivity contribution in [2.24, 2.45) is 0 Å². The smallest absolute Gasteiger partial charge is 0.0823 e. The van der Waals surface area contributed by atoms with Gasteiger partial charge in [-0.05, 0) is 19.1 Å². The Morgan fingerprint density at radius 1 is 1.38 bits per heavy atom. The number of hydrogen-bond acceptors (Lipinski definition) is 3. The molecule has 0 aliphatic carbocycles. The normalized spacial score (nSPS) is 12.4. The molecule has 16 heavy (non-hydrogen) atoms. The average Bonchev–Trinajstić information content (AvgIpc) is 2.78. The maximum absolute atomic E-state index is 6.09. The van der Waals surface area contributed by atoms with Crippen molar-refractivity contribution in [1.82, 2.24) is 4.98 Å². The summed E-state index contributed by atoms with van der Waals surface area (Å²) in [6, 6.07) is 5.72. The van der Waals surface area contributed by atoms with Crippen molar-refractivity contribution in [1.29, 1.82) is 0 Å². The van der Waals surface area contributed by atoms with Gasteiger partial charge in [0.2, 0.25) is 0 Å². The molecule has 0 amide bonds. The number of hydrogen-bond donors (Lipinski definition) is 1. The van der Waals surface area contributed by atoms with Crippen LogP contribution < -0.4 is 5.32 Å². The highest BCUT2D eigenvalue weighted by Crippen LogP contribution is 2.32. The highest BCUT2D eigenvalue weighted by Gasteiger charge is 2.10. The van der Waals surface area contributed by atoms with E-state index >= 15 is 0 Å². The van der Waals surface area contributed by atoms with Crippen molar-refractivity contribution < 1.29 is 0 Å². The molecule has 1 atom stereocenters. The van der Waals surface area contributed by atoms with Gasteiger partial charge in [-0.1, -0.05) is 29.3 Å². The van der Waals surface area contributed by atoms with Crippen LogP contribution in [0.15, 0.2) is 29.9 Å². The molecular formula is C11H10Cl2N2S. The Labute approximate surface area is 108 Å². The van der Waals surface area contributed by atoms with Crippen LogP contribution in [-0.2, 0) is 0 Å². The van der Waals surface area contributed by atoms with Crippen LogP contribution in [0.5, 0.6) is 0 Å². The van der Waals surface area contributed by atoms with Gasteiger partial charge in [0, 0.05) is 11.1 Å². The maximum atomic E-state index is 6.09. The molecule has 2 aromatic rings. The van der Waals surface area contributed by atoms with Gasteiger partial charge in [0.15, 0.2) is 0 Å². The van der Waals surface area contributed by atoms with E-state index in [9.17, 15) is 0 Å². The van der Waals surface area contributed by atoms with E-state index in [-0.39, 0.29) is 6.04 Å². The quantitative estimate of drug-likeness (QED) is 0.882. The highest BCUT2D eigenvalue weighted by molar-refractivity contribution is 7.09. The van der Waals surface area contributed by atoms with Crippen molar-refractivity contribution >= 4 is 40.2 Å². The number of nitrogens with one attached hydrogen (secondary N) is 1. The number of nitrogens with zero attached hydrogens (tertiary/aromatic N) is 1. The number of aromatic nitrogens is 1. The molecule has 1 heterocycles. The number of rotatable bonds is 3. The van der Waals surface area contributed by atoms with Gasteiger partial charge in [-0.2, -0.15) is 0 Å². The van der Waals surface area contributed by atoms with Gasteiger partial charge in [0.1, 0.15) is 0 Å². The Bertz CT molecular complexity index is 471. The fourth-order valence-corrected chi connectivity index (χ4v) is 2.34. The topological polar surface area (TPSA) is 24.9 Å². The van der Waals surface area contributed by atoms with E-state index < -0.39 is 0 Å². The lowest BCUT2D eigenvalue weighted by molar-refractivity contribution is 0.904. The molecule has 2 nitrogen and oxygen atoms in total. The molecule has 0 fully saturated rings. The van der Waals surface area contributed by atoms with Gasteiger partial charge in [0.05, 0.1) is 27.3 Å². The summed E-state index contributed by atoms with van der Waals surface area (Å²) in [4.78, 5) is 5.21. The number of thiazole rings is 1. The van der Waals surface area contributed by atoms with Crippen molar-refractivity contribution in [2.75, 3.05) is 5.32 Å². The molecular weight excluding hydrogens is 263 g/mol. The summed E-state index contributed by atoms with van der Waals surface area (Å²) in [5.74, 6) is 0. The standard InChI is InChI=1S/C11H10Cl2N2S/c1-7(10-5-14-6-16-10)15-9-4-2-3-8(12)11(9)13/h2-7,15H,1H3. The van der Waals surface area contributed by atoms with Crippen LogP contribution in [-0.4, -0.2) is 4.98 Å². The zero-order valence-electron chi connectivity index (χ0n) is 8.58. The molecule has 0 saturated heterocycles. The molecule has 0 spiro atoms. The molecule has 84 valence electrons. The first kappa shape index (κ1) is 11.7. The molecule has 0 aliphatic heterocycles. The Hall–Kier alpha value is -0.770. The Morgan fingerprint density at radius 3 is 2.88 bits per heavy atom. The van der Waals surface area contributed by atoms with E-state index in [2.05, 4.69) is 17.2 Å². The second-order valence-electron chi connectivity index (χ2n) is 3.37. The third-order valence-electron chi connectivity index (χ3n) is 2.20. The first-order valence-corrected chi connectivity index (χ1v) is 6.41. The van der Waals surface area contributed by atoms with Crippen molar-refractivity contribution in [3.63, 3.8) is 0 Å². The number of halogens is 2. The van der Waals surface area contributed by atoms with Gasteiger partial charge in [-0.25, -0.2) is 0 Å². The summed E-state index contributed by atoms with van der Waals surface area (Å²) < 4.78 is 0. The SMILES string of the molecule is CC(Nc1cccc(Cl)c1Cl)c1cncs1. The minimum Gasteiger partial charge on any atom is -0.376 e. The molecule has 1 N–H and O–H groups in total. The minimum atomic E-state index is 0.170. The van der Waals surface area contributed by atoms with E-state index in [1.165, 1.54) is 0 Å². The molecule has 0 radical (unpaired) electrons. The molecule has 2 rings (SSSR count). The summed E-state index contributed by atoms with van der Waals surface area (Å²) in [5, 5.41) is 4.42. The van der Waals surface area contributed by atoms with Gasteiger partial charge in [-0.3, -0.25) is 4.98 Å². The molecule has 0 aliphatic rings. The van der Waals surface area contributed by atoms with Crippen LogP contribution in [0, 0.1) is 0 Å². The Kier molecular flexibility index (Phi) is 3.69. The largest absolute Gasteiger partial charge is 0.376 e. The Balaban J connectivity index is 2.18. The van der Waals surface area contributed by atoms with Gasteiger partial charge < -0.3 is 5.32 Å². The summed E-state index contributed by atoms with van der Waals surface area (Å²) in [6.45, 7) is 2.06. The maximum Gasteiger partial charge on any atom is 0.0823 e. The lowest BCUT2D eigenvalue weighted by Crippen LogP contribution is -2.05. The molecule has 1 aromatic carbocycles. The van der Waals surface area contributed by atoms with Crippen LogP contribution >= 0.6 is 34.5 Å². The van der Waals surface area contributed by atoms with Crippen molar-refractivity contribution in [2.45, 2.75) is 13.0 Å². The van der Waals surface area contributed by atoms with Gasteiger partial charge >= 0.3 is 0 Å². The fourth-order valence-electron chi connectivity index (χ4n) is 1.36. The monoisotopic (exact) mass is 272 g/mol. The van der Waals surface area contributed by atoms with Crippen LogP contribution in [0.4, 0.5) is 5.69 Å². The predicted molar refractivity (Wildman–Crippen MR) is 70.6 cm³/mol.